The van der Waals surface area contributed by atoms with Gasteiger partial charge in [0.05, 0.1) is 6.42 Å². The minimum absolute atomic E-state index is 0.0205. The van der Waals surface area contributed by atoms with Crippen LogP contribution in [-0.4, -0.2) is 13.0 Å². The lowest BCUT2D eigenvalue weighted by Gasteiger charge is -2.17. The van der Waals surface area contributed by atoms with Crippen LogP contribution in [0.5, 0.6) is 0 Å². The van der Waals surface area contributed by atoms with Crippen molar-refractivity contribution in [1.82, 2.24) is 0 Å². The molecule has 0 fully saturated rings. The summed E-state index contributed by atoms with van der Waals surface area (Å²) in [5.41, 5.74) is 1.66. The van der Waals surface area contributed by atoms with Crippen molar-refractivity contribution >= 4 is 11.6 Å². The molecule has 0 aliphatic rings. The van der Waals surface area contributed by atoms with Gasteiger partial charge in [0.2, 0.25) is 5.91 Å². The van der Waals surface area contributed by atoms with Crippen LogP contribution in [0.4, 0.5) is 10.1 Å². The van der Waals surface area contributed by atoms with Crippen molar-refractivity contribution in [1.29, 1.82) is 0 Å². The average molecular weight is 243 g/mol. The Morgan fingerprint density at radius 1 is 1.06 bits per heavy atom. The number of para-hydroxylation sites is 1. The van der Waals surface area contributed by atoms with Gasteiger partial charge in [-0.25, -0.2) is 4.39 Å². The summed E-state index contributed by atoms with van der Waals surface area (Å²) in [6.07, 6.45) is 0.270. The number of hydrogen-bond donors (Lipinski definition) is 0. The molecule has 0 unspecified atom stereocenters. The third-order valence-electron chi connectivity index (χ3n) is 2.79. The van der Waals surface area contributed by atoms with E-state index in [1.165, 1.54) is 12.1 Å². The fourth-order valence-electron chi connectivity index (χ4n) is 1.69. The fourth-order valence-corrected chi connectivity index (χ4v) is 1.69. The number of nitrogens with zero attached hydrogens (tertiary/aromatic N) is 1. The van der Waals surface area contributed by atoms with Gasteiger partial charge in [-0.2, -0.15) is 0 Å². The zero-order chi connectivity index (χ0) is 13.0. The quantitative estimate of drug-likeness (QED) is 0.811. The molecule has 0 atom stereocenters. The molecule has 0 saturated heterocycles. The van der Waals surface area contributed by atoms with Gasteiger partial charge >= 0.3 is 0 Å². The molecule has 0 spiro atoms. The summed E-state index contributed by atoms with van der Waals surface area (Å²) in [5.74, 6) is -0.310. The first-order valence-corrected chi connectivity index (χ1v) is 5.73. The van der Waals surface area contributed by atoms with Crippen molar-refractivity contribution in [2.75, 3.05) is 11.9 Å². The SMILES string of the molecule is CN(C(=O)Cc1ccc(F)cc1)c1ccccc1. The van der Waals surface area contributed by atoms with Crippen LogP contribution in [0.25, 0.3) is 0 Å². The third kappa shape index (κ3) is 2.94. The molecule has 1 amide bonds. The molecule has 2 aromatic carbocycles. The molecule has 0 radical (unpaired) electrons. The number of hydrogen-bond acceptors (Lipinski definition) is 1. The molecule has 92 valence electrons. The van der Waals surface area contributed by atoms with Gasteiger partial charge in [0.25, 0.3) is 0 Å². The summed E-state index contributed by atoms with van der Waals surface area (Å²) in [4.78, 5) is 13.6. The maximum atomic E-state index is 12.8. The fraction of sp³-hybridized carbons (Fsp3) is 0.133. The average Bonchev–Trinajstić information content (AvgIpc) is 2.41. The lowest BCUT2D eigenvalue weighted by molar-refractivity contribution is -0.117. The molecule has 0 aliphatic carbocycles. The summed E-state index contributed by atoms with van der Waals surface area (Å²) in [6, 6.07) is 15.4. The van der Waals surface area contributed by atoms with Gasteiger partial charge in [-0.05, 0) is 29.8 Å². The molecule has 18 heavy (non-hydrogen) atoms. The third-order valence-corrected chi connectivity index (χ3v) is 2.79. The molecule has 0 aliphatic heterocycles. The maximum Gasteiger partial charge on any atom is 0.231 e. The smallest absolute Gasteiger partial charge is 0.231 e. The topological polar surface area (TPSA) is 20.3 Å². The number of carbonyl (C=O) groups excluding carboxylic acids is 1. The Hall–Kier alpha value is -2.16. The van der Waals surface area contributed by atoms with Crippen LogP contribution in [0.2, 0.25) is 0 Å². The summed E-state index contributed by atoms with van der Waals surface area (Å²) >= 11 is 0. The Balaban J connectivity index is 2.06. The van der Waals surface area contributed by atoms with Gasteiger partial charge in [0, 0.05) is 12.7 Å². The van der Waals surface area contributed by atoms with Crippen molar-refractivity contribution in [3.05, 3.63) is 66.0 Å². The van der Waals surface area contributed by atoms with E-state index < -0.39 is 0 Å². The van der Waals surface area contributed by atoms with Crippen molar-refractivity contribution < 1.29 is 9.18 Å². The Kier molecular flexibility index (Phi) is 3.72. The predicted octanol–water partition coefficient (Wildman–Crippen LogP) is 3.03. The zero-order valence-electron chi connectivity index (χ0n) is 10.1. The molecule has 2 rings (SSSR count). The second-order valence-electron chi connectivity index (χ2n) is 4.09. The highest BCUT2D eigenvalue weighted by Crippen LogP contribution is 2.13. The van der Waals surface area contributed by atoms with E-state index >= 15 is 0 Å². The van der Waals surface area contributed by atoms with Crippen molar-refractivity contribution in [3.8, 4) is 0 Å². The molecule has 2 aromatic rings. The second kappa shape index (κ2) is 5.45. The van der Waals surface area contributed by atoms with Crippen LogP contribution in [0.3, 0.4) is 0 Å². The standard InChI is InChI=1S/C15H14FNO/c1-17(14-5-3-2-4-6-14)15(18)11-12-7-9-13(16)10-8-12/h2-10H,11H2,1H3. The molecular weight excluding hydrogens is 229 g/mol. The highest BCUT2D eigenvalue weighted by molar-refractivity contribution is 5.94. The Labute approximate surface area is 106 Å². The van der Waals surface area contributed by atoms with E-state index in [2.05, 4.69) is 0 Å². The molecule has 3 heteroatoms. The second-order valence-corrected chi connectivity index (χ2v) is 4.09. The predicted molar refractivity (Wildman–Crippen MR) is 70.0 cm³/mol. The van der Waals surface area contributed by atoms with Gasteiger partial charge in [0.15, 0.2) is 0 Å². The summed E-state index contributed by atoms with van der Waals surface area (Å²) in [7, 11) is 1.74. The minimum Gasteiger partial charge on any atom is -0.315 e. The normalized spacial score (nSPS) is 10.1. The number of halogens is 1. The van der Waals surface area contributed by atoms with Crippen molar-refractivity contribution in [2.24, 2.45) is 0 Å². The van der Waals surface area contributed by atoms with Crippen molar-refractivity contribution in [2.45, 2.75) is 6.42 Å². The van der Waals surface area contributed by atoms with Gasteiger partial charge in [0.1, 0.15) is 5.82 Å². The number of amides is 1. The number of benzene rings is 2. The van der Waals surface area contributed by atoms with Crippen LogP contribution in [-0.2, 0) is 11.2 Å². The van der Waals surface area contributed by atoms with Crippen LogP contribution in [0.15, 0.2) is 54.6 Å². The Morgan fingerprint density at radius 2 is 1.67 bits per heavy atom. The summed E-state index contributed by atoms with van der Waals surface area (Å²) in [5, 5.41) is 0. The molecule has 0 bridgehead atoms. The number of carbonyl (C=O) groups is 1. The van der Waals surface area contributed by atoms with E-state index in [4.69, 9.17) is 0 Å². The first kappa shape index (κ1) is 12.3. The van der Waals surface area contributed by atoms with E-state index in [0.717, 1.165) is 11.3 Å². The van der Waals surface area contributed by atoms with Crippen LogP contribution in [0, 0.1) is 5.82 Å². The zero-order valence-corrected chi connectivity index (χ0v) is 10.1. The highest BCUT2D eigenvalue weighted by Gasteiger charge is 2.11. The molecule has 0 aromatic heterocycles. The minimum atomic E-state index is -0.289. The number of anilines is 1. The summed E-state index contributed by atoms with van der Waals surface area (Å²) in [6.45, 7) is 0. The van der Waals surface area contributed by atoms with Crippen LogP contribution < -0.4 is 4.90 Å². The largest absolute Gasteiger partial charge is 0.315 e. The van der Waals surface area contributed by atoms with Crippen LogP contribution in [0.1, 0.15) is 5.56 Å². The highest BCUT2D eigenvalue weighted by atomic mass is 19.1. The lowest BCUT2D eigenvalue weighted by atomic mass is 10.1. The van der Waals surface area contributed by atoms with E-state index in [1.54, 1.807) is 24.1 Å². The van der Waals surface area contributed by atoms with E-state index in [-0.39, 0.29) is 18.1 Å². The molecule has 2 nitrogen and oxygen atoms in total. The monoisotopic (exact) mass is 243 g/mol. The molecule has 0 N–H and O–H groups in total. The van der Waals surface area contributed by atoms with E-state index in [0.29, 0.717) is 0 Å². The maximum absolute atomic E-state index is 12.8. The first-order chi connectivity index (χ1) is 8.66. The molecule has 0 saturated carbocycles. The van der Waals surface area contributed by atoms with Gasteiger partial charge < -0.3 is 4.90 Å². The van der Waals surface area contributed by atoms with Gasteiger partial charge in [-0.15, -0.1) is 0 Å². The molecule has 0 heterocycles. The number of rotatable bonds is 3. The van der Waals surface area contributed by atoms with Crippen LogP contribution >= 0.6 is 0 Å². The van der Waals surface area contributed by atoms with Gasteiger partial charge in [-0.1, -0.05) is 30.3 Å². The Bertz CT molecular complexity index is 522. The number of likely N-dealkylation sites (N-methyl/N-ethyl adjacent to an activating group) is 1. The lowest BCUT2D eigenvalue weighted by Crippen LogP contribution is -2.27. The van der Waals surface area contributed by atoms with E-state index in [1.807, 2.05) is 30.3 Å². The van der Waals surface area contributed by atoms with Gasteiger partial charge in [-0.3, -0.25) is 4.79 Å². The van der Waals surface area contributed by atoms with E-state index in [9.17, 15) is 9.18 Å². The Morgan fingerprint density at radius 3 is 2.28 bits per heavy atom. The van der Waals surface area contributed by atoms with Crippen molar-refractivity contribution in [3.63, 3.8) is 0 Å². The summed E-state index contributed by atoms with van der Waals surface area (Å²) < 4.78 is 12.8. The molecular formula is C15H14FNO. The first-order valence-electron chi connectivity index (χ1n) is 5.73.